The Morgan fingerprint density at radius 2 is 2.04 bits per heavy atom. The average Bonchev–Trinajstić information content (AvgIpc) is 3.20. The largest absolute Gasteiger partial charge is 0.347 e. The fourth-order valence-corrected chi connectivity index (χ4v) is 3.04. The van der Waals surface area contributed by atoms with E-state index in [4.69, 9.17) is 0 Å². The van der Waals surface area contributed by atoms with E-state index in [-0.39, 0.29) is 18.0 Å². The fourth-order valence-electron chi connectivity index (χ4n) is 3.04. The fraction of sp³-hybridized carbons (Fsp3) is 0.389. The third-order valence-corrected chi connectivity index (χ3v) is 4.14. The Balaban J connectivity index is 1.80. The molecule has 6 nitrogen and oxygen atoms in total. The highest BCUT2D eigenvalue weighted by Gasteiger charge is 2.20. The molecule has 1 N–H and O–H groups in total. The second-order valence-electron chi connectivity index (χ2n) is 6.11. The molecule has 2 heterocycles. The van der Waals surface area contributed by atoms with Gasteiger partial charge in [0.25, 0.3) is 0 Å². The normalized spacial score (nSPS) is 12.7. The van der Waals surface area contributed by atoms with Crippen molar-refractivity contribution < 1.29 is 4.79 Å². The van der Waals surface area contributed by atoms with Crippen LogP contribution in [-0.2, 0) is 11.3 Å². The molecule has 0 saturated carbocycles. The Morgan fingerprint density at radius 1 is 1.25 bits per heavy atom. The van der Waals surface area contributed by atoms with Gasteiger partial charge < -0.3 is 9.88 Å². The minimum absolute atomic E-state index is 0.0384. The molecule has 0 aliphatic rings. The van der Waals surface area contributed by atoms with E-state index in [2.05, 4.69) is 39.9 Å². The zero-order chi connectivity index (χ0) is 17.1. The molecular weight excluding hydrogens is 302 g/mol. The third-order valence-electron chi connectivity index (χ3n) is 4.14. The Bertz CT molecular complexity index is 819. The molecule has 0 aliphatic heterocycles. The summed E-state index contributed by atoms with van der Waals surface area (Å²) in [4.78, 5) is 17.2. The average molecular weight is 325 g/mol. The summed E-state index contributed by atoms with van der Waals surface area (Å²) in [6.07, 6.45) is 4.19. The van der Waals surface area contributed by atoms with Crippen LogP contribution in [0.1, 0.15) is 45.1 Å². The second kappa shape index (κ2) is 6.86. The number of benzene rings is 1. The van der Waals surface area contributed by atoms with Gasteiger partial charge in [-0.2, -0.15) is 5.10 Å². The van der Waals surface area contributed by atoms with Crippen molar-refractivity contribution in [2.24, 2.45) is 0 Å². The molecule has 1 aromatic carbocycles. The smallest absolute Gasteiger partial charge is 0.245 e. The van der Waals surface area contributed by atoms with Gasteiger partial charge >= 0.3 is 0 Å². The number of nitrogens with one attached hydrogen (secondary N) is 1. The summed E-state index contributed by atoms with van der Waals surface area (Å²) < 4.78 is 3.87. The minimum atomic E-state index is -0.295. The van der Waals surface area contributed by atoms with E-state index >= 15 is 0 Å². The summed E-state index contributed by atoms with van der Waals surface area (Å²) in [6, 6.07) is 9.86. The van der Waals surface area contributed by atoms with Crippen molar-refractivity contribution >= 4 is 16.9 Å². The zero-order valence-electron chi connectivity index (χ0n) is 14.3. The number of rotatable bonds is 6. The lowest BCUT2D eigenvalue weighted by atomic mass is 10.2. The standard InChI is InChI=1S/C18H23N5O/c1-4-15(22-11-7-10-20-22)18(24)19-12-17-21-14-8-5-6-9-16(14)23(17)13(2)3/h5-11,13,15H,4,12H2,1-3H3,(H,19,24)/t15-/m0/s1. The van der Waals surface area contributed by atoms with Gasteiger partial charge in [-0.05, 0) is 38.5 Å². The van der Waals surface area contributed by atoms with Crippen LogP contribution in [0, 0.1) is 0 Å². The van der Waals surface area contributed by atoms with Gasteiger partial charge in [0.1, 0.15) is 11.9 Å². The van der Waals surface area contributed by atoms with Gasteiger partial charge in [0.05, 0.1) is 17.6 Å². The highest BCUT2D eigenvalue weighted by atomic mass is 16.2. The molecule has 0 fully saturated rings. The van der Waals surface area contributed by atoms with Gasteiger partial charge in [0.2, 0.25) is 5.91 Å². The van der Waals surface area contributed by atoms with Gasteiger partial charge in [-0.25, -0.2) is 4.98 Å². The number of para-hydroxylation sites is 2. The maximum Gasteiger partial charge on any atom is 0.245 e. The van der Waals surface area contributed by atoms with Crippen LogP contribution in [0.3, 0.4) is 0 Å². The van der Waals surface area contributed by atoms with Crippen LogP contribution < -0.4 is 5.32 Å². The van der Waals surface area contributed by atoms with E-state index < -0.39 is 0 Å². The molecular formula is C18H23N5O. The quantitative estimate of drug-likeness (QED) is 0.757. The van der Waals surface area contributed by atoms with E-state index in [0.717, 1.165) is 16.9 Å². The summed E-state index contributed by atoms with van der Waals surface area (Å²) >= 11 is 0. The van der Waals surface area contributed by atoms with Gasteiger partial charge in [-0.15, -0.1) is 0 Å². The van der Waals surface area contributed by atoms with Crippen LogP contribution in [0.5, 0.6) is 0 Å². The summed E-state index contributed by atoms with van der Waals surface area (Å²) in [5.74, 6) is 0.832. The van der Waals surface area contributed by atoms with Crippen LogP contribution in [0.4, 0.5) is 0 Å². The Hall–Kier alpha value is -2.63. The van der Waals surface area contributed by atoms with E-state index in [1.807, 2.05) is 37.4 Å². The van der Waals surface area contributed by atoms with Crippen LogP contribution in [-0.4, -0.2) is 25.2 Å². The molecule has 0 spiro atoms. The monoisotopic (exact) mass is 325 g/mol. The van der Waals surface area contributed by atoms with Gasteiger partial charge in [0, 0.05) is 18.4 Å². The van der Waals surface area contributed by atoms with E-state index in [9.17, 15) is 4.79 Å². The lowest BCUT2D eigenvalue weighted by molar-refractivity contribution is -0.124. The van der Waals surface area contributed by atoms with E-state index in [1.54, 1.807) is 10.9 Å². The first-order valence-corrected chi connectivity index (χ1v) is 8.34. The van der Waals surface area contributed by atoms with Crippen molar-refractivity contribution in [2.45, 2.75) is 45.8 Å². The Labute approximate surface area is 141 Å². The van der Waals surface area contributed by atoms with Crippen molar-refractivity contribution in [3.8, 4) is 0 Å². The highest BCUT2D eigenvalue weighted by Crippen LogP contribution is 2.21. The van der Waals surface area contributed by atoms with Gasteiger partial charge in [-0.3, -0.25) is 9.48 Å². The first-order chi connectivity index (χ1) is 11.6. The van der Waals surface area contributed by atoms with E-state index in [1.165, 1.54) is 0 Å². The maximum atomic E-state index is 12.5. The van der Waals surface area contributed by atoms with Crippen LogP contribution in [0.25, 0.3) is 11.0 Å². The lowest BCUT2D eigenvalue weighted by Gasteiger charge is -2.17. The van der Waals surface area contributed by atoms with Crippen molar-refractivity contribution in [3.63, 3.8) is 0 Å². The number of imidazole rings is 1. The number of hydrogen-bond acceptors (Lipinski definition) is 3. The summed E-state index contributed by atoms with van der Waals surface area (Å²) in [5.41, 5.74) is 2.05. The summed E-state index contributed by atoms with van der Waals surface area (Å²) in [5, 5.41) is 7.19. The van der Waals surface area contributed by atoms with Crippen LogP contribution >= 0.6 is 0 Å². The number of aromatic nitrogens is 4. The molecule has 1 atom stereocenters. The van der Waals surface area contributed by atoms with Crippen molar-refractivity contribution in [1.29, 1.82) is 0 Å². The van der Waals surface area contributed by atoms with Crippen molar-refractivity contribution in [1.82, 2.24) is 24.6 Å². The van der Waals surface area contributed by atoms with E-state index in [0.29, 0.717) is 13.0 Å². The third kappa shape index (κ3) is 3.04. The van der Waals surface area contributed by atoms with Crippen molar-refractivity contribution in [3.05, 3.63) is 48.5 Å². The molecule has 0 bridgehead atoms. The number of hydrogen-bond donors (Lipinski definition) is 1. The first-order valence-electron chi connectivity index (χ1n) is 8.34. The summed E-state index contributed by atoms with van der Waals surface area (Å²) in [7, 11) is 0. The Morgan fingerprint density at radius 3 is 2.71 bits per heavy atom. The minimum Gasteiger partial charge on any atom is -0.347 e. The topological polar surface area (TPSA) is 64.7 Å². The number of carbonyl (C=O) groups is 1. The van der Waals surface area contributed by atoms with Crippen LogP contribution in [0.15, 0.2) is 42.7 Å². The van der Waals surface area contributed by atoms with Crippen molar-refractivity contribution in [2.75, 3.05) is 0 Å². The molecule has 3 aromatic rings. The molecule has 6 heteroatoms. The number of carbonyl (C=O) groups excluding carboxylic acids is 1. The number of amides is 1. The molecule has 2 aromatic heterocycles. The first kappa shape index (κ1) is 16.2. The number of nitrogens with zero attached hydrogens (tertiary/aromatic N) is 4. The molecule has 0 aliphatic carbocycles. The highest BCUT2D eigenvalue weighted by molar-refractivity contribution is 5.80. The van der Waals surface area contributed by atoms with Gasteiger partial charge in [0.15, 0.2) is 0 Å². The zero-order valence-corrected chi connectivity index (χ0v) is 14.3. The number of fused-ring (bicyclic) bond motifs is 1. The summed E-state index contributed by atoms with van der Waals surface area (Å²) in [6.45, 7) is 6.63. The SMILES string of the molecule is CC[C@@H](C(=O)NCc1nc2ccccc2n1C(C)C)n1cccn1. The van der Waals surface area contributed by atoms with Gasteiger partial charge in [-0.1, -0.05) is 19.1 Å². The Kier molecular flexibility index (Phi) is 4.64. The molecule has 3 rings (SSSR count). The predicted molar refractivity (Wildman–Crippen MR) is 93.5 cm³/mol. The maximum absolute atomic E-state index is 12.5. The second-order valence-corrected chi connectivity index (χ2v) is 6.11. The van der Waals surface area contributed by atoms with Crippen LogP contribution in [0.2, 0.25) is 0 Å². The molecule has 126 valence electrons. The predicted octanol–water partition coefficient (Wildman–Crippen LogP) is 3.08. The lowest BCUT2D eigenvalue weighted by Crippen LogP contribution is -2.33. The molecule has 0 saturated heterocycles. The molecule has 1 amide bonds. The molecule has 0 radical (unpaired) electrons. The molecule has 0 unspecified atom stereocenters. The molecule has 24 heavy (non-hydrogen) atoms.